The number of nitrogens with zero attached hydrogens (tertiary/aromatic N) is 1. The van der Waals surface area contributed by atoms with E-state index in [1.165, 1.54) is 12.1 Å². The fraction of sp³-hybridized carbons (Fsp3) is 0. The summed E-state index contributed by atoms with van der Waals surface area (Å²) in [6, 6.07) is 9.21. The highest BCUT2D eigenvalue weighted by atomic mass is 19.1. The van der Waals surface area contributed by atoms with E-state index in [1.807, 2.05) is 0 Å². The van der Waals surface area contributed by atoms with Gasteiger partial charge in [0.25, 0.3) is 5.91 Å². The van der Waals surface area contributed by atoms with Gasteiger partial charge in [-0.15, -0.1) is 0 Å². The van der Waals surface area contributed by atoms with Crippen molar-refractivity contribution >= 4 is 17.7 Å². The van der Waals surface area contributed by atoms with Gasteiger partial charge in [0.2, 0.25) is 0 Å². The van der Waals surface area contributed by atoms with Crippen molar-refractivity contribution in [3.63, 3.8) is 0 Å². The highest BCUT2D eigenvalue weighted by molar-refractivity contribution is 6.09. The minimum absolute atomic E-state index is 0.217. The van der Waals surface area contributed by atoms with Gasteiger partial charge in [-0.2, -0.15) is 5.26 Å². The summed E-state index contributed by atoms with van der Waals surface area (Å²) < 4.78 is 39.3. The molecule has 22 heavy (non-hydrogen) atoms. The monoisotopic (exact) mass is 302 g/mol. The lowest BCUT2D eigenvalue weighted by Gasteiger charge is -2.04. The molecule has 2 aromatic carbocycles. The van der Waals surface area contributed by atoms with Gasteiger partial charge in [0.05, 0.1) is 0 Å². The molecule has 0 bridgehead atoms. The number of carbonyl (C=O) groups is 1. The van der Waals surface area contributed by atoms with Crippen LogP contribution in [-0.2, 0) is 4.79 Å². The van der Waals surface area contributed by atoms with E-state index in [-0.39, 0.29) is 11.3 Å². The van der Waals surface area contributed by atoms with E-state index in [4.69, 9.17) is 5.26 Å². The lowest BCUT2D eigenvalue weighted by atomic mass is 10.1. The van der Waals surface area contributed by atoms with Crippen LogP contribution in [0.25, 0.3) is 6.08 Å². The molecule has 0 saturated heterocycles. The number of halogens is 3. The largest absolute Gasteiger partial charge is 0.321 e. The molecule has 0 aromatic heterocycles. The Morgan fingerprint density at radius 1 is 1.05 bits per heavy atom. The van der Waals surface area contributed by atoms with Crippen LogP contribution >= 0.6 is 0 Å². The summed E-state index contributed by atoms with van der Waals surface area (Å²) in [7, 11) is 0. The zero-order valence-electron chi connectivity index (χ0n) is 11.1. The quantitative estimate of drug-likeness (QED) is 0.695. The maximum Gasteiger partial charge on any atom is 0.266 e. The van der Waals surface area contributed by atoms with Gasteiger partial charge in [-0.25, -0.2) is 13.2 Å². The van der Waals surface area contributed by atoms with Crippen molar-refractivity contribution in [3.8, 4) is 6.07 Å². The third kappa shape index (κ3) is 3.73. The Balaban J connectivity index is 2.25. The first kappa shape index (κ1) is 15.3. The fourth-order valence-corrected chi connectivity index (χ4v) is 1.66. The van der Waals surface area contributed by atoms with Crippen molar-refractivity contribution in [2.75, 3.05) is 5.32 Å². The summed E-state index contributed by atoms with van der Waals surface area (Å²) in [6.45, 7) is 0. The van der Waals surface area contributed by atoms with E-state index < -0.39 is 28.9 Å². The lowest BCUT2D eigenvalue weighted by Crippen LogP contribution is -2.13. The van der Waals surface area contributed by atoms with Crippen molar-refractivity contribution in [1.29, 1.82) is 5.26 Å². The summed E-state index contributed by atoms with van der Waals surface area (Å²) in [6.07, 6.45) is 0.942. The van der Waals surface area contributed by atoms with Crippen molar-refractivity contribution in [2.24, 2.45) is 0 Å². The maximum absolute atomic E-state index is 13.5. The number of nitriles is 1. The standard InChI is InChI=1S/C16H9F3N2O/c17-12-1-4-14(5-2-12)21-16(22)11(9-20)7-10-8-13(18)3-6-15(10)19/h1-8H,(H,21,22). The Hall–Kier alpha value is -3.07. The smallest absolute Gasteiger partial charge is 0.266 e. The molecule has 0 heterocycles. The van der Waals surface area contributed by atoms with Gasteiger partial charge in [-0.1, -0.05) is 0 Å². The molecule has 0 aliphatic rings. The molecule has 0 aliphatic carbocycles. The van der Waals surface area contributed by atoms with Crippen molar-refractivity contribution < 1.29 is 18.0 Å². The summed E-state index contributed by atoms with van der Waals surface area (Å²) in [5, 5.41) is 11.3. The number of benzene rings is 2. The van der Waals surface area contributed by atoms with Crippen LogP contribution in [0, 0.1) is 28.8 Å². The minimum Gasteiger partial charge on any atom is -0.321 e. The van der Waals surface area contributed by atoms with Gasteiger partial charge in [0.1, 0.15) is 29.1 Å². The molecule has 1 N–H and O–H groups in total. The fourth-order valence-electron chi connectivity index (χ4n) is 1.66. The SMILES string of the molecule is N#CC(=Cc1cc(F)ccc1F)C(=O)Nc1ccc(F)cc1. The van der Waals surface area contributed by atoms with Gasteiger partial charge < -0.3 is 5.32 Å². The number of rotatable bonds is 3. The van der Waals surface area contributed by atoms with Crippen LogP contribution in [0.2, 0.25) is 0 Å². The molecule has 3 nitrogen and oxygen atoms in total. The van der Waals surface area contributed by atoms with E-state index in [0.717, 1.165) is 36.4 Å². The second-order valence-electron chi connectivity index (χ2n) is 4.30. The van der Waals surface area contributed by atoms with Crippen LogP contribution < -0.4 is 5.32 Å². The van der Waals surface area contributed by atoms with E-state index in [1.54, 1.807) is 6.07 Å². The molecular formula is C16H9F3N2O. The normalized spacial score (nSPS) is 10.9. The van der Waals surface area contributed by atoms with Gasteiger partial charge in [0, 0.05) is 11.3 Å². The molecule has 0 saturated carbocycles. The molecule has 2 rings (SSSR count). The molecule has 0 atom stereocenters. The maximum atomic E-state index is 13.5. The first-order valence-electron chi connectivity index (χ1n) is 6.13. The van der Waals surface area contributed by atoms with Crippen molar-refractivity contribution in [2.45, 2.75) is 0 Å². The number of anilines is 1. The average Bonchev–Trinajstić information content (AvgIpc) is 2.50. The Morgan fingerprint density at radius 3 is 2.32 bits per heavy atom. The minimum atomic E-state index is -0.808. The van der Waals surface area contributed by atoms with Gasteiger partial charge >= 0.3 is 0 Å². The second kappa shape index (κ2) is 6.59. The van der Waals surface area contributed by atoms with Crippen LogP contribution in [0.15, 0.2) is 48.0 Å². The predicted octanol–water partition coefficient (Wildman–Crippen LogP) is 3.65. The predicted molar refractivity (Wildman–Crippen MR) is 75.0 cm³/mol. The Bertz CT molecular complexity index is 777. The molecule has 1 amide bonds. The van der Waals surface area contributed by atoms with Crippen LogP contribution in [0.3, 0.4) is 0 Å². The van der Waals surface area contributed by atoms with Gasteiger partial charge in [-0.05, 0) is 48.5 Å². The second-order valence-corrected chi connectivity index (χ2v) is 4.30. The Morgan fingerprint density at radius 2 is 1.68 bits per heavy atom. The third-order valence-corrected chi connectivity index (χ3v) is 2.73. The summed E-state index contributed by atoms with van der Waals surface area (Å²) >= 11 is 0. The molecule has 0 spiro atoms. The number of hydrogen-bond donors (Lipinski definition) is 1. The number of hydrogen-bond acceptors (Lipinski definition) is 2. The van der Waals surface area contributed by atoms with Crippen LogP contribution in [0.4, 0.5) is 18.9 Å². The molecular weight excluding hydrogens is 293 g/mol. The number of carbonyl (C=O) groups excluding carboxylic acids is 1. The zero-order valence-corrected chi connectivity index (χ0v) is 11.1. The van der Waals surface area contributed by atoms with Crippen molar-refractivity contribution in [3.05, 3.63) is 71.1 Å². The lowest BCUT2D eigenvalue weighted by molar-refractivity contribution is -0.112. The number of amides is 1. The summed E-state index contributed by atoms with van der Waals surface area (Å²) in [5.74, 6) is -2.73. The van der Waals surface area contributed by atoms with E-state index in [9.17, 15) is 18.0 Å². The van der Waals surface area contributed by atoms with Crippen molar-refractivity contribution in [1.82, 2.24) is 0 Å². The van der Waals surface area contributed by atoms with Crippen LogP contribution in [0.1, 0.15) is 5.56 Å². The van der Waals surface area contributed by atoms with E-state index in [0.29, 0.717) is 0 Å². The first-order chi connectivity index (χ1) is 10.5. The van der Waals surface area contributed by atoms with Crippen LogP contribution in [-0.4, -0.2) is 5.91 Å². The average molecular weight is 302 g/mol. The molecule has 0 fully saturated rings. The summed E-state index contributed by atoms with van der Waals surface area (Å²) in [5.41, 5.74) is -0.355. The molecule has 6 heteroatoms. The van der Waals surface area contributed by atoms with Gasteiger partial charge in [-0.3, -0.25) is 4.79 Å². The molecule has 2 aromatic rings. The zero-order chi connectivity index (χ0) is 16.1. The Labute approximate surface area is 124 Å². The topological polar surface area (TPSA) is 52.9 Å². The number of nitrogens with one attached hydrogen (secondary N) is 1. The van der Waals surface area contributed by atoms with Crippen LogP contribution in [0.5, 0.6) is 0 Å². The molecule has 0 unspecified atom stereocenters. The first-order valence-corrected chi connectivity index (χ1v) is 6.13. The molecule has 0 radical (unpaired) electrons. The summed E-state index contributed by atoms with van der Waals surface area (Å²) in [4.78, 5) is 11.9. The molecule has 110 valence electrons. The molecule has 0 aliphatic heterocycles. The Kier molecular flexibility index (Phi) is 4.59. The van der Waals surface area contributed by atoms with E-state index >= 15 is 0 Å². The highest BCUT2D eigenvalue weighted by Crippen LogP contribution is 2.15. The van der Waals surface area contributed by atoms with Gasteiger partial charge in [0.15, 0.2) is 0 Å². The third-order valence-electron chi connectivity index (χ3n) is 2.73. The highest BCUT2D eigenvalue weighted by Gasteiger charge is 2.11. The van der Waals surface area contributed by atoms with E-state index in [2.05, 4.69) is 5.32 Å².